The number of ether oxygens (including phenoxy) is 1. The predicted octanol–water partition coefficient (Wildman–Crippen LogP) is 3.25. The van der Waals surface area contributed by atoms with E-state index in [0.29, 0.717) is 11.8 Å². The van der Waals surface area contributed by atoms with Gasteiger partial charge in [0.25, 0.3) is 0 Å². The molecule has 2 rings (SSSR count). The van der Waals surface area contributed by atoms with E-state index in [2.05, 4.69) is 33.0 Å². The molecule has 0 saturated carbocycles. The zero-order valence-electron chi connectivity index (χ0n) is 10.8. The minimum atomic E-state index is 0.117. The maximum atomic E-state index is 5.53. The summed E-state index contributed by atoms with van der Waals surface area (Å²) in [5, 5.41) is 7.48. The Morgan fingerprint density at radius 3 is 2.89 bits per heavy atom. The van der Waals surface area contributed by atoms with Crippen LogP contribution >= 0.6 is 11.3 Å². The highest BCUT2D eigenvalue weighted by molar-refractivity contribution is 7.08. The van der Waals surface area contributed by atoms with Crippen LogP contribution in [0.4, 0.5) is 5.95 Å². The topological polar surface area (TPSA) is 47.0 Å². The van der Waals surface area contributed by atoms with Crippen molar-refractivity contribution in [3.05, 3.63) is 34.2 Å². The third-order valence-electron chi connectivity index (χ3n) is 2.39. The molecule has 0 atom stereocenters. The second kappa shape index (κ2) is 5.82. The minimum absolute atomic E-state index is 0.117. The number of hydrogen-bond donors (Lipinski definition) is 1. The normalized spacial score (nSPS) is 10.7. The fourth-order valence-corrected chi connectivity index (χ4v) is 2.33. The number of aromatic nitrogens is 2. The molecule has 0 spiro atoms. The lowest BCUT2D eigenvalue weighted by Gasteiger charge is -2.10. The minimum Gasteiger partial charge on any atom is -0.475 e. The van der Waals surface area contributed by atoms with E-state index >= 15 is 0 Å². The highest BCUT2D eigenvalue weighted by Gasteiger charge is 2.03. The lowest BCUT2D eigenvalue weighted by Crippen LogP contribution is -2.09. The molecule has 0 aliphatic heterocycles. The number of rotatable bonds is 5. The summed E-state index contributed by atoms with van der Waals surface area (Å²) < 4.78 is 5.53. The maximum Gasteiger partial charge on any atom is 0.226 e. The van der Waals surface area contributed by atoms with Gasteiger partial charge < -0.3 is 10.1 Å². The number of hydrogen-bond acceptors (Lipinski definition) is 5. The van der Waals surface area contributed by atoms with E-state index in [1.807, 2.05) is 13.8 Å². The van der Waals surface area contributed by atoms with Crippen LogP contribution in [-0.4, -0.2) is 16.1 Å². The van der Waals surface area contributed by atoms with Crippen molar-refractivity contribution in [2.24, 2.45) is 0 Å². The van der Waals surface area contributed by atoms with Crippen LogP contribution in [0.3, 0.4) is 0 Å². The molecule has 0 saturated heterocycles. The molecule has 96 valence electrons. The molecule has 2 heterocycles. The van der Waals surface area contributed by atoms with E-state index in [0.717, 1.165) is 6.54 Å². The average molecular weight is 263 g/mol. The number of nitrogens with one attached hydrogen (secondary N) is 1. The van der Waals surface area contributed by atoms with Crippen LogP contribution in [0.1, 0.15) is 25.0 Å². The van der Waals surface area contributed by atoms with Gasteiger partial charge in [-0.2, -0.15) is 16.3 Å². The van der Waals surface area contributed by atoms with Gasteiger partial charge in [-0.05, 0) is 42.7 Å². The highest BCUT2D eigenvalue weighted by atomic mass is 32.1. The number of thiophene rings is 1. The lowest BCUT2D eigenvalue weighted by atomic mass is 10.2. The lowest BCUT2D eigenvalue weighted by molar-refractivity contribution is 0.232. The first-order chi connectivity index (χ1) is 8.65. The molecular formula is C13H17N3OS. The summed E-state index contributed by atoms with van der Waals surface area (Å²) >= 11 is 1.71. The molecule has 0 radical (unpaired) electrons. The Hall–Kier alpha value is -1.62. The van der Waals surface area contributed by atoms with Crippen molar-refractivity contribution in [2.45, 2.75) is 33.4 Å². The van der Waals surface area contributed by atoms with Crippen molar-refractivity contribution in [1.82, 2.24) is 9.97 Å². The first-order valence-electron chi connectivity index (χ1n) is 5.90. The van der Waals surface area contributed by atoms with Crippen molar-refractivity contribution in [1.29, 1.82) is 0 Å². The quantitative estimate of drug-likeness (QED) is 0.899. The molecular weight excluding hydrogens is 246 g/mol. The molecule has 2 aromatic heterocycles. The van der Waals surface area contributed by atoms with Crippen molar-refractivity contribution >= 4 is 17.3 Å². The van der Waals surface area contributed by atoms with Gasteiger partial charge in [0.1, 0.15) is 0 Å². The van der Waals surface area contributed by atoms with Crippen LogP contribution in [0.25, 0.3) is 0 Å². The van der Waals surface area contributed by atoms with Crippen molar-refractivity contribution < 1.29 is 4.74 Å². The zero-order valence-corrected chi connectivity index (χ0v) is 11.6. The van der Waals surface area contributed by atoms with Gasteiger partial charge in [0.2, 0.25) is 11.8 Å². The summed E-state index contributed by atoms with van der Waals surface area (Å²) in [6.07, 6.45) is 1.82. The van der Waals surface area contributed by atoms with E-state index in [9.17, 15) is 0 Å². The third-order valence-corrected chi connectivity index (χ3v) is 3.30. The number of nitrogens with zero attached hydrogens (tertiary/aromatic N) is 2. The Morgan fingerprint density at radius 2 is 2.22 bits per heavy atom. The monoisotopic (exact) mass is 263 g/mol. The summed E-state index contributed by atoms with van der Waals surface area (Å²) in [4.78, 5) is 8.48. The molecule has 0 aliphatic rings. The average Bonchev–Trinajstić information content (AvgIpc) is 2.72. The smallest absolute Gasteiger partial charge is 0.226 e. The van der Waals surface area contributed by atoms with E-state index in [4.69, 9.17) is 4.74 Å². The fourth-order valence-electron chi connectivity index (χ4n) is 1.48. The molecule has 4 nitrogen and oxygen atoms in total. The second-order valence-corrected chi connectivity index (χ2v) is 5.06. The van der Waals surface area contributed by atoms with E-state index in [1.165, 1.54) is 11.1 Å². The first-order valence-corrected chi connectivity index (χ1v) is 6.84. The van der Waals surface area contributed by atoms with Gasteiger partial charge in [0.15, 0.2) is 0 Å². The van der Waals surface area contributed by atoms with Gasteiger partial charge in [-0.15, -0.1) is 0 Å². The van der Waals surface area contributed by atoms with E-state index < -0.39 is 0 Å². The summed E-state index contributed by atoms with van der Waals surface area (Å²) in [7, 11) is 0. The molecule has 0 bridgehead atoms. The Balaban J connectivity index is 1.99. The van der Waals surface area contributed by atoms with E-state index in [1.54, 1.807) is 23.6 Å². The van der Waals surface area contributed by atoms with Crippen LogP contribution in [0, 0.1) is 6.92 Å². The number of anilines is 1. The van der Waals surface area contributed by atoms with Gasteiger partial charge in [-0.1, -0.05) is 0 Å². The Bertz CT molecular complexity index is 510. The van der Waals surface area contributed by atoms with Gasteiger partial charge in [0.05, 0.1) is 6.10 Å². The van der Waals surface area contributed by atoms with Crippen LogP contribution in [-0.2, 0) is 6.54 Å². The van der Waals surface area contributed by atoms with Crippen molar-refractivity contribution in [3.8, 4) is 5.88 Å². The molecule has 0 aliphatic carbocycles. The van der Waals surface area contributed by atoms with Crippen molar-refractivity contribution in [3.63, 3.8) is 0 Å². The molecule has 1 N–H and O–H groups in total. The standard InChI is InChI=1S/C13H17N3OS/c1-9(2)17-12-4-5-14-13(16-12)15-6-11-8-18-7-10(11)3/h4-5,7-9H,6H2,1-3H3,(H,14,15,16). The highest BCUT2D eigenvalue weighted by Crippen LogP contribution is 2.15. The van der Waals surface area contributed by atoms with Gasteiger partial charge >= 0.3 is 0 Å². The van der Waals surface area contributed by atoms with Crippen LogP contribution in [0.2, 0.25) is 0 Å². The third kappa shape index (κ3) is 3.43. The van der Waals surface area contributed by atoms with Gasteiger partial charge in [-0.25, -0.2) is 4.98 Å². The zero-order chi connectivity index (χ0) is 13.0. The van der Waals surface area contributed by atoms with Crippen LogP contribution in [0.15, 0.2) is 23.0 Å². The number of aryl methyl sites for hydroxylation is 1. The Kier molecular flexibility index (Phi) is 4.15. The molecule has 0 amide bonds. The largest absolute Gasteiger partial charge is 0.475 e. The molecule has 5 heteroatoms. The van der Waals surface area contributed by atoms with Gasteiger partial charge in [-0.3, -0.25) is 0 Å². The Labute approximate surface area is 111 Å². The van der Waals surface area contributed by atoms with Gasteiger partial charge in [0, 0.05) is 18.8 Å². The molecule has 0 unspecified atom stereocenters. The van der Waals surface area contributed by atoms with Crippen LogP contribution < -0.4 is 10.1 Å². The maximum absolute atomic E-state index is 5.53. The molecule has 2 aromatic rings. The molecule has 18 heavy (non-hydrogen) atoms. The molecule has 0 aromatic carbocycles. The fraction of sp³-hybridized carbons (Fsp3) is 0.385. The molecule has 0 fully saturated rings. The second-order valence-electron chi connectivity index (χ2n) is 4.32. The summed E-state index contributed by atoms with van der Waals surface area (Å²) in [5.41, 5.74) is 2.57. The van der Waals surface area contributed by atoms with E-state index in [-0.39, 0.29) is 6.10 Å². The SMILES string of the molecule is Cc1cscc1CNc1nccc(OC(C)C)n1. The first kappa shape index (κ1) is 12.8. The predicted molar refractivity (Wildman–Crippen MR) is 74.2 cm³/mol. The summed E-state index contributed by atoms with van der Waals surface area (Å²) in [6, 6.07) is 1.76. The summed E-state index contributed by atoms with van der Waals surface area (Å²) in [6.45, 7) is 6.79. The van der Waals surface area contributed by atoms with Crippen molar-refractivity contribution in [2.75, 3.05) is 5.32 Å². The van der Waals surface area contributed by atoms with Crippen LogP contribution in [0.5, 0.6) is 5.88 Å². The summed E-state index contributed by atoms with van der Waals surface area (Å²) in [5.74, 6) is 1.20. The Morgan fingerprint density at radius 1 is 1.39 bits per heavy atom.